The van der Waals surface area contributed by atoms with Crippen molar-refractivity contribution in [1.82, 2.24) is 10.3 Å². The van der Waals surface area contributed by atoms with Crippen molar-refractivity contribution in [3.8, 4) is 11.8 Å². The third-order valence-electron chi connectivity index (χ3n) is 5.21. The number of hydrogen-bond acceptors (Lipinski definition) is 5. The first-order valence-electron chi connectivity index (χ1n) is 10.2. The summed E-state index contributed by atoms with van der Waals surface area (Å²) in [6.45, 7) is 2.05. The molecule has 31 heavy (non-hydrogen) atoms. The summed E-state index contributed by atoms with van der Waals surface area (Å²) in [7, 11) is 0. The number of nitriles is 1. The van der Waals surface area contributed by atoms with Crippen LogP contribution in [-0.2, 0) is 6.42 Å². The van der Waals surface area contributed by atoms with Gasteiger partial charge in [0.15, 0.2) is 0 Å². The zero-order valence-electron chi connectivity index (χ0n) is 17.0. The predicted octanol–water partition coefficient (Wildman–Crippen LogP) is 4.48. The Hall–Kier alpha value is -3.76. The molecule has 3 N–H and O–H groups in total. The fourth-order valence-corrected chi connectivity index (χ4v) is 3.64. The number of furan rings is 1. The van der Waals surface area contributed by atoms with E-state index < -0.39 is 5.97 Å². The molecular formula is C24H23N3O4. The van der Waals surface area contributed by atoms with Crippen LogP contribution in [0.25, 0.3) is 21.9 Å². The van der Waals surface area contributed by atoms with Gasteiger partial charge in [-0.3, -0.25) is 0 Å². The molecule has 7 heteroatoms. The predicted molar refractivity (Wildman–Crippen MR) is 117 cm³/mol. The van der Waals surface area contributed by atoms with Crippen LogP contribution in [0.15, 0.2) is 53.1 Å². The molecule has 0 radical (unpaired) electrons. The molecule has 0 spiro atoms. The maximum Gasteiger partial charge on any atom is 0.371 e. The third-order valence-corrected chi connectivity index (χ3v) is 5.21. The minimum absolute atomic E-state index is 0.0942. The summed E-state index contributed by atoms with van der Waals surface area (Å²) in [4.78, 5) is 14.3. The molecule has 0 amide bonds. The number of aromatic nitrogens is 1. The van der Waals surface area contributed by atoms with Crippen LogP contribution in [0, 0.1) is 11.3 Å². The molecule has 0 saturated heterocycles. The van der Waals surface area contributed by atoms with Crippen LogP contribution in [0.1, 0.15) is 34.5 Å². The Balaban J connectivity index is 1.18. The highest BCUT2D eigenvalue weighted by molar-refractivity contribution is 5.93. The zero-order valence-corrected chi connectivity index (χ0v) is 17.0. The number of carboxylic acid groups (broad SMARTS) is 1. The van der Waals surface area contributed by atoms with E-state index in [1.54, 1.807) is 12.1 Å². The Morgan fingerprint density at radius 1 is 1.16 bits per heavy atom. The number of H-pyrrole nitrogens is 1. The molecule has 0 unspecified atom stereocenters. The van der Waals surface area contributed by atoms with Gasteiger partial charge in [0.1, 0.15) is 17.9 Å². The molecule has 0 saturated carbocycles. The fraction of sp³-hybridized carbons (Fsp3) is 0.250. The normalized spacial score (nSPS) is 11.1. The molecule has 0 aliphatic heterocycles. The summed E-state index contributed by atoms with van der Waals surface area (Å²) in [6.07, 6.45) is 5.06. The number of unbranched alkanes of at least 4 members (excludes halogenated alkanes) is 1. The second-order valence-electron chi connectivity index (χ2n) is 7.33. The van der Waals surface area contributed by atoms with E-state index in [9.17, 15) is 4.79 Å². The maximum absolute atomic E-state index is 11.1. The molecule has 2 aromatic heterocycles. The van der Waals surface area contributed by atoms with Gasteiger partial charge in [0.05, 0.1) is 17.0 Å². The van der Waals surface area contributed by atoms with Crippen molar-refractivity contribution in [2.45, 2.75) is 19.3 Å². The summed E-state index contributed by atoms with van der Waals surface area (Å²) >= 11 is 0. The smallest absolute Gasteiger partial charge is 0.371 e. The number of aromatic amines is 1. The molecule has 0 aliphatic carbocycles. The van der Waals surface area contributed by atoms with E-state index >= 15 is 0 Å². The van der Waals surface area contributed by atoms with Gasteiger partial charge in [-0.2, -0.15) is 5.26 Å². The molecule has 2 aromatic carbocycles. The quantitative estimate of drug-likeness (QED) is 0.328. The van der Waals surface area contributed by atoms with Gasteiger partial charge >= 0.3 is 5.97 Å². The fourth-order valence-electron chi connectivity index (χ4n) is 3.64. The van der Waals surface area contributed by atoms with Crippen LogP contribution in [-0.4, -0.2) is 35.8 Å². The molecule has 0 atom stereocenters. The van der Waals surface area contributed by atoms with Gasteiger partial charge in [-0.05, 0) is 61.7 Å². The second-order valence-corrected chi connectivity index (χ2v) is 7.33. The van der Waals surface area contributed by atoms with E-state index in [1.165, 1.54) is 11.6 Å². The lowest BCUT2D eigenvalue weighted by atomic mass is 10.1. The molecule has 4 aromatic rings. The lowest BCUT2D eigenvalue weighted by molar-refractivity contribution is 0.0665. The number of carbonyl (C=O) groups is 1. The molecule has 4 rings (SSSR count). The third kappa shape index (κ3) is 4.71. The Morgan fingerprint density at radius 2 is 2.06 bits per heavy atom. The highest BCUT2D eigenvalue weighted by Gasteiger charge is 2.13. The van der Waals surface area contributed by atoms with E-state index in [0.29, 0.717) is 35.4 Å². The summed E-state index contributed by atoms with van der Waals surface area (Å²) in [6, 6.07) is 14.7. The number of benzene rings is 2. The van der Waals surface area contributed by atoms with Crippen LogP contribution in [0.4, 0.5) is 0 Å². The summed E-state index contributed by atoms with van der Waals surface area (Å²) < 4.78 is 11.1. The summed E-state index contributed by atoms with van der Waals surface area (Å²) in [5, 5.41) is 23.3. The average molecular weight is 417 g/mol. The van der Waals surface area contributed by atoms with Crippen molar-refractivity contribution >= 4 is 27.8 Å². The van der Waals surface area contributed by atoms with Gasteiger partial charge in [-0.15, -0.1) is 0 Å². The summed E-state index contributed by atoms with van der Waals surface area (Å²) in [5.74, 6) is -0.572. The number of fused-ring (bicyclic) bond motifs is 2. The number of rotatable bonds is 10. The van der Waals surface area contributed by atoms with E-state index in [4.69, 9.17) is 19.5 Å². The molecule has 0 aliphatic rings. The van der Waals surface area contributed by atoms with Gasteiger partial charge in [0, 0.05) is 29.7 Å². The number of aryl methyl sites for hydroxylation is 1. The van der Waals surface area contributed by atoms with Gasteiger partial charge in [-0.1, -0.05) is 6.07 Å². The van der Waals surface area contributed by atoms with Crippen molar-refractivity contribution in [2.75, 3.05) is 19.7 Å². The largest absolute Gasteiger partial charge is 0.491 e. The standard InChI is InChI=1S/C24H23N3O4/c25-14-16-7-8-20-18(12-16)17(15-27-20)4-1-2-9-26-10-11-30-21-5-3-6-22-19(21)13-23(31-22)24(28)29/h3,5-8,12-13,15,26-27H,1-2,4,9-11H2,(H,28,29). The minimum atomic E-state index is -1.10. The van der Waals surface area contributed by atoms with Crippen LogP contribution < -0.4 is 10.1 Å². The average Bonchev–Trinajstić information content (AvgIpc) is 3.40. The number of nitrogens with zero attached hydrogens (tertiary/aromatic N) is 1. The molecule has 0 fully saturated rings. The van der Waals surface area contributed by atoms with Crippen LogP contribution in [0.3, 0.4) is 0 Å². The van der Waals surface area contributed by atoms with E-state index in [0.717, 1.165) is 36.7 Å². The van der Waals surface area contributed by atoms with Crippen molar-refractivity contribution in [3.05, 3.63) is 65.5 Å². The topological polar surface area (TPSA) is 111 Å². The first kappa shape index (κ1) is 20.5. The number of nitrogens with one attached hydrogen (secondary N) is 2. The summed E-state index contributed by atoms with van der Waals surface area (Å²) in [5.41, 5.74) is 3.49. The highest BCUT2D eigenvalue weighted by Crippen LogP contribution is 2.28. The van der Waals surface area contributed by atoms with Crippen LogP contribution in [0.5, 0.6) is 5.75 Å². The maximum atomic E-state index is 11.1. The highest BCUT2D eigenvalue weighted by atomic mass is 16.5. The SMILES string of the molecule is N#Cc1ccc2[nH]cc(CCCCNCCOc3cccc4oc(C(=O)O)cc34)c2c1. The van der Waals surface area contributed by atoms with Gasteiger partial charge in [0.25, 0.3) is 0 Å². The van der Waals surface area contributed by atoms with E-state index in [2.05, 4.69) is 16.4 Å². The first-order valence-corrected chi connectivity index (χ1v) is 10.2. The van der Waals surface area contributed by atoms with Crippen molar-refractivity contribution in [2.24, 2.45) is 0 Å². The first-order chi connectivity index (χ1) is 15.2. The van der Waals surface area contributed by atoms with Crippen molar-refractivity contribution in [1.29, 1.82) is 5.26 Å². The van der Waals surface area contributed by atoms with Gasteiger partial charge < -0.3 is 24.6 Å². The number of ether oxygens (including phenoxy) is 1. The van der Waals surface area contributed by atoms with Crippen LogP contribution in [0.2, 0.25) is 0 Å². The second kappa shape index (κ2) is 9.37. The molecule has 158 valence electrons. The molecule has 7 nitrogen and oxygen atoms in total. The number of aromatic carboxylic acids is 1. The number of carboxylic acids is 1. The molecule has 2 heterocycles. The van der Waals surface area contributed by atoms with Crippen LogP contribution >= 0.6 is 0 Å². The van der Waals surface area contributed by atoms with Crippen molar-refractivity contribution < 1.29 is 19.1 Å². The van der Waals surface area contributed by atoms with E-state index in [1.807, 2.05) is 30.5 Å². The van der Waals surface area contributed by atoms with Gasteiger partial charge in [0.2, 0.25) is 5.76 Å². The number of hydrogen-bond donors (Lipinski definition) is 3. The molecular weight excluding hydrogens is 394 g/mol. The Morgan fingerprint density at radius 3 is 2.90 bits per heavy atom. The lowest BCUT2D eigenvalue weighted by Gasteiger charge is -2.08. The lowest BCUT2D eigenvalue weighted by Crippen LogP contribution is -2.22. The Labute approximate surface area is 179 Å². The van der Waals surface area contributed by atoms with Gasteiger partial charge in [-0.25, -0.2) is 4.79 Å². The Kier molecular flexibility index (Phi) is 6.20. The molecule has 0 bridgehead atoms. The van der Waals surface area contributed by atoms with E-state index in [-0.39, 0.29) is 5.76 Å². The Bertz CT molecular complexity index is 1250. The monoisotopic (exact) mass is 417 g/mol. The minimum Gasteiger partial charge on any atom is -0.491 e. The zero-order chi connectivity index (χ0) is 21.6. The van der Waals surface area contributed by atoms with Crippen molar-refractivity contribution in [3.63, 3.8) is 0 Å².